The van der Waals surface area contributed by atoms with Gasteiger partial charge >= 0.3 is 0 Å². The number of nitrogens with one attached hydrogen (secondary N) is 1. The molecule has 1 aromatic carbocycles. The van der Waals surface area contributed by atoms with Crippen molar-refractivity contribution in [1.29, 1.82) is 0 Å². The molecule has 0 aliphatic carbocycles. The Morgan fingerprint density at radius 2 is 2.25 bits per heavy atom. The smallest absolute Gasteiger partial charge is 0.220 e. The lowest BCUT2D eigenvalue weighted by Crippen LogP contribution is -2.26. The third-order valence-corrected chi connectivity index (χ3v) is 3.95. The molecule has 0 unspecified atom stereocenters. The largest absolute Gasteiger partial charge is 0.350 e. The Balaban J connectivity index is 1.59. The van der Waals surface area contributed by atoms with Crippen molar-refractivity contribution in [1.82, 2.24) is 24.6 Å². The second-order valence-electron chi connectivity index (χ2n) is 5.88. The minimum absolute atomic E-state index is 0.0411. The zero-order valence-corrected chi connectivity index (χ0v) is 13.9. The summed E-state index contributed by atoms with van der Waals surface area (Å²) in [6.45, 7) is 2.00. The number of imidazole rings is 1. The number of rotatable bonds is 6. The van der Waals surface area contributed by atoms with Gasteiger partial charge in [-0.2, -0.15) is 5.10 Å². The van der Waals surface area contributed by atoms with Gasteiger partial charge in [0.15, 0.2) is 0 Å². The maximum absolute atomic E-state index is 12.2. The van der Waals surface area contributed by atoms with Crippen molar-refractivity contribution in [3.63, 3.8) is 0 Å². The molecule has 0 bridgehead atoms. The van der Waals surface area contributed by atoms with Crippen LogP contribution in [0.2, 0.25) is 0 Å². The van der Waals surface area contributed by atoms with Crippen molar-refractivity contribution in [2.24, 2.45) is 7.05 Å². The number of hydrogen-bond acceptors (Lipinski definition) is 3. The first-order chi connectivity index (χ1) is 11.6. The Morgan fingerprint density at radius 3 is 2.96 bits per heavy atom. The Morgan fingerprint density at radius 1 is 1.38 bits per heavy atom. The predicted molar refractivity (Wildman–Crippen MR) is 91.7 cm³/mol. The summed E-state index contributed by atoms with van der Waals surface area (Å²) in [6.07, 6.45) is 10.3. The summed E-state index contributed by atoms with van der Waals surface area (Å²) in [4.78, 5) is 16.2. The molecule has 2 aromatic heterocycles. The van der Waals surface area contributed by atoms with Crippen LogP contribution in [-0.2, 0) is 18.3 Å². The normalized spacial score (nSPS) is 12.1. The van der Waals surface area contributed by atoms with E-state index in [0.29, 0.717) is 12.8 Å². The lowest BCUT2D eigenvalue weighted by Gasteiger charge is -2.15. The van der Waals surface area contributed by atoms with Gasteiger partial charge in [0, 0.05) is 37.7 Å². The van der Waals surface area contributed by atoms with Gasteiger partial charge in [-0.3, -0.25) is 9.48 Å². The summed E-state index contributed by atoms with van der Waals surface area (Å²) in [5, 5.41) is 7.17. The van der Waals surface area contributed by atoms with Gasteiger partial charge in [-0.25, -0.2) is 4.98 Å². The summed E-state index contributed by atoms with van der Waals surface area (Å²) in [6, 6.07) is 8.04. The molecule has 1 N–H and O–H groups in total. The maximum atomic E-state index is 12.2. The van der Waals surface area contributed by atoms with Crippen molar-refractivity contribution >= 4 is 5.91 Å². The van der Waals surface area contributed by atoms with Crippen LogP contribution in [0.25, 0.3) is 5.69 Å². The van der Waals surface area contributed by atoms with Crippen LogP contribution in [-0.4, -0.2) is 25.2 Å². The van der Waals surface area contributed by atoms with E-state index in [0.717, 1.165) is 16.8 Å². The molecule has 1 atom stereocenters. The monoisotopic (exact) mass is 323 g/mol. The molecule has 0 saturated carbocycles. The van der Waals surface area contributed by atoms with Gasteiger partial charge in [-0.1, -0.05) is 12.1 Å². The maximum Gasteiger partial charge on any atom is 0.220 e. The van der Waals surface area contributed by atoms with Crippen molar-refractivity contribution in [2.75, 3.05) is 0 Å². The summed E-state index contributed by atoms with van der Waals surface area (Å²) in [7, 11) is 1.87. The molecule has 0 radical (unpaired) electrons. The number of hydrogen-bond donors (Lipinski definition) is 1. The van der Waals surface area contributed by atoms with E-state index in [9.17, 15) is 4.79 Å². The van der Waals surface area contributed by atoms with Crippen molar-refractivity contribution in [2.45, 2.75) is 25.8 Å². The van der Waals surface area contributed by atoms with E-state index in [-0.39, 0.29) is 11.9 Å². The van der Waals surface area contributed by atoms with Crippen LogP contribution in [0.3, 0.4) is 0 Å². The summed E-state index contributed by atoms with van der Waals surface area (Å²) in [5.74, 6) is 0.0411. The number of amides is 1. The third-order valence-electron chi connectivity index (χ3n) is 3.95. The molecule has 3 aromatic rings. The van der Waals surface area contributed by atoms with Crippen LogP contribution < -0.4 is 5.32 Å². The number of carbonyl (C=O) groups is 1. The lowest BCUT2D eigenvalue weighted by atomic mass is 10.1. The quantitative estimate of drug-likeness (QED) is 0.757. The van der Waals surface area contributed by atoms with E-state index >= 15 is 0 Å². The summed E-state index contributed by atoms with van der Waals surface area (Å²) >= 11 is 0. The molecule has 2 heterocycles. The fourth-order valence-corrected chi connectivity index (χ4v) is 2.62. The van der Waals surface area contributed by atoms with Crippen molar-refractivity contribution in [3.8, 4) is 5.69 Å². The Bertz CT molecular complexity index is 806. The van der Waals surface area contributed by atoms with E-state index in [1.54, 1.807) is 23.4 Å². The first-order valence-corrected chi connectivity index (χ1v) is 7.97. The Labute approximate surface area is 141 Å². The molecule has 0 aliphatic rings. The molecule has 3 rings (SSSR count). The Kier molecular flexibility index (Phi) is 4.74. The van der Waals surface area contributed by atoms with Crippen LogP contribution in [0.1, 0.15) is 30.5 Å². The average Bonchev–Trinajstić information content (AvgIpc) is 3.24. The zero-order chi connectivity index (χ0) is 16.9. The van der Waals surface area contributed by atoms with Crippen LogP contribution >= 0.6 is 0 Å². The van der Waals surface area contributed by atoms with Crippen LogP contribution in [0, 0.1) is 0 Å². The van der Waals surface area contributed by atoms with E-state index in [1.807, 2.05) is 49.1 Å². The second-order valence-corrected chi connectivity index (χ2v) is 5.88. The van der Waals surface area contributed by atoms with E-state index in [2.05, 4.69) is 21.5 Å². The number of nitrogens with zero attached hydrogens (tertiary/aromatic N) is 4. The molecule has 0 spiro atoms. The van der Waals surface area contributed by atoms with E-state index < -0.39 is 0 Å². The van der Waals surface area contributed by atoms with Gasteiger partial charge in [-0.05, 0) is 36.6 Å². The van der Waals surface area contributed by atoms with E-state index in [4.69, 9.17) is 0 Å². The number of aromatic nitrogens is 4. The van der Waals surface area contributed by atoms with Gasteiger partial charge in [0.25, 0.3) is 0 Å². The third kappa shape index (κ3) is 3.90. The minimum atomic E-state index is -0.0464. The summed E-state index contributed by atoms with van der Waals surface area (Å²) < 4.78 is 3.69. The van der Waals surface area contributed by atoms with Crippen molar-refractivity contribution < 1.29 is 4.79 Å². The highest BCUT2D eigenvalue weighted by molar-refractivity contribution is 5.76. The molecule has 0 aliphatic heterocycles. The first-order valence-electron chi connectivity index (χ1n) is 7.97. The molecule has 124 valence electrons. The molecule has 24 heavy (non-hydrogen) atoms. The highest BCUT2D eigenvalue weighted by Gasteiger charge is 2.11. The average molecular weight is 323 g/mol. The molecule has 6 nitrogen and oxygen atoms in total. The second kappa shape index (κ2) is 7.12. The van der Waals surface area contributed by atoms with Crippen LogP contribution in [0.4, 0.5) is 0 Å². The molecule has 1 amide bonds. The Hall–Kier alpha value is -2.89. The molecule has 6 heteroatoms. The van der Waals surface area contributed by atoms with Gasteiger partial charge in [-0.15, -0.1) is 0 Å². The predicted octanol–water partition coefficient (Wildman–Crippen LogP) is 2.42. The van der Waals surface area contributed by atoms with Crippen LogP contribution in [0.15, 0.2) is 55.4 Å². The number of carbonyl (C=O) groups excluding carboxylic acids is 1. The van der Waals surface area contributed by atoms with Crippen LogP contribution in [0.5, 0.6) is 0 Å². The van der Waals surface area contributed by atoms with Gasteiger partial charge in [0.05, 0.1) is 18.6 Å². The van der Waals surface area contributed by atoms with Gasteiger partial charge < -0.3 is 9.88 Å². The molecule has 0 saturated heterocycles. The highest BCUT2D eigenvalue weighted by atomic mass is 16.1. The molecular formula is C18H21N5O. The zero-order valence-electron chi connectivity index (χ0n) is 13.9. The highest BCUT2D eigenvalue weighted by Crippen LogP contribution is 2.17. The van der Waals surface area contributed by atoms with Gasteiger partial charge in [0.1, 0.15) is 0 Å². The SMILES string of the molecule is C[C@@H](NC(=O)CCc1cnn(C)c1)c1cccc(-n2ccnc2)c1. The molecule has 0 fully saturated rings. The fraction of sp³-hybridized carbons (Fsp3) is 0.278. The topological polar surface area (TPSA) is 64.7 Å². The lowest BCUT2D eigenvalue weighted by molar-refractivity contribution is -0.121. The number of aryl methyl sites for hydroxylation is 2. The first kappa shape index (κ1) is 16.0. The minimum Gasteiger partial charge on any atom is -0.350 e. The molecular weight excluding hydrogens is 302 g/mol. The van der Waals surface area contributed by atoms with E-state index in [1.165, 1.54) is 0 Å². The number of benzene rings is 1. The standard InChI is InChI=1S/C18H21N5O/c1-14(21-18(24)7-6-15-11-20-22(2)12-15)16-4-3-5-17(10-16)23-9-8-19-13-23/h3-5,8-14H,6-7H2,1-2H3,(H,21,24)/t14-/m1/s1. The van der Waals surface area contributed by atoms with Gasteiger partial charge in [0.2, 0.25) is 5.91 Å². The van der Waals surface area contributed by atoms with Crippen molar-refractivity contribution in [3.05, 3.63) is 66.5 Å². The fourth-order valence-electron chi connectivity index (χ4n) is 2.62. The summed E-state index contributed by atoms with van der Waals surface area (Å²) in [5.41, 5.74) is 3.17.